The van der Waals surface area contributed by atoms with E-state index in [2.05, 4.69) is 15.1 Å². The minimum absolute atomic E-state index is 0.174. The summed E-state index contributed by atoms with van der Waals surface area (Å²) in [5.74, 6) is -0.392. The summed E-state index contributed by atoms with van der Waals surface area (Å²) >= 11 is 5.99. The van der Waals surface area contributed by atoms with E-state index in [0.29, 0.717) is 12.2 Å². The van der Waals surface area contributed by atoms with Gasteiger partial charge in [-0.05, 0) is 38.0 Å². The highest BCUT2D eigenvalue weighted by Gasteiger charge is 2.27. The third-order valence-electron chi connectivity index (χ3n) is 5.84. The van der Waals surface area contributed by atoms with E-state index >= 15 is 0 Å². The fourth-order valence-electron chi connectivity index (χ4n) is 3.91. The molecule has 2 saturated heterocycles. The van der Waals surface area contributed by atoms with Crippen molar-refractivity contribution in [3.8, 4) is 0 Å². The van der Waals surface area contributed by atoms with E-state index in [1.165, 1.54) is 31.0 Å². The van der Waals surface area contributed by atoms with E-state index in [-0.39, 0.29) is 22.9 Å². The Balaban J connectivity index is 1.45. The lowest BCUT2D eigenvalue weighted by molar-refractivity contribution is -0.133. The molecule has 0 aliphatic carbocycles. The van der Waals surface area contributed by atoms with Crippen molar-refractivity contribution in [3.05, 3.63) is 29.0 Å². The Kier molecular flexibility index (Phi) is 7.86. The van der Waals surface area contributed by atoms with Crippen molar-refractivity contribution in [2.45, 2.75) is 38.6 Å². The molecule has 6 nitrogen and oxygen atoms in total. The molecule has 2 heterocycles. The van der Waals surface area contributed by atoms with Crippen LogP contribution in [0.3, 0.4) is 0 Å². The first-order chi connectivity index (χ1) is 13.9. The molecule has 160 valence electrons. The van der Waals surface area contributed by atoms with Gasteiger partial charge in [0.25, 0.3) is 0 Å². The molecule has 1 aromatic rings. The second-order valence-electron chi connectivity index (χ2n) is 7.90. The second-order valence-corrected chi connectivity index (χ2v) is 8.30. The van der Waals surface area contributed by atoms with E-state index in [0.717, 1.165) is 52.1 Å². The first-order valence-electron chi connectivity index (χ1n) is 10.4. The number of carbonyl (C=O) groups excluding carboxylic acids is 2. The topological polar surface area (TPSA) is 55.9 Å². The Morgan fingerprint density at radius 2 is 1.72 bits per heavy atom. The summed E-state index contributed by atoms with van der Waals surface area (Å²) in [7, 11) is 0. The van der Waals surface area contributed by atoms with Gasteiger partial charge in [0.15, 0.2) is 0 Å². The van der Waals surface area contributed by atoms with Gasteiger partial charge in [-0.15, -0.1) is 0 Å². The molecule has 1 atom stereocenters. The van der Waals surface area contributed by atoms with Gasteiger partial charge in [0.2, 0.25) is 11.8 Å². The lowest BCUT2D eigenvalue weighted by atomic mass is 10.2. The Labute approximate surface area is 177 Å². The number of carbonyl (C=O) groups is 2. The molecule has 0 bridgehead atoms. The number of benzene rings is 1. The highest BCUT2D eigenvalue weighted by Crippen LogP contribution is 2.23. The zero-order chi connectivity index (χ0) is 20.8. The molecule has 29 heavy (non-hydrogen) atoms. The Morgan fingerprint density at radius 3 is 2.34 bits per heavy atom. The number of hydrogen-bond acceptors (Lipinski definition) is 4. The number of hydrogen-bond donors (Lipinski definition) is 1. The minimum Gasteiger partial charge on any atom is -0.342 e. The van der Waals surface area contributed by atoms with Gasteiger partial charge in [0, 0.05) is 39.3 Å². The van der Waals surface area contributed by atoms with Gasteiger partial charge < -0.3 is 10.2 Å². The van der Waals surface area contributed by atoms with Crippen LogP contribution in [0, 0.1) is 5.82 Å². The second kappa shape index (κ2) is 10.4. The summed E-state index contributed by atoms with van der Waals surface area (Å²) in [6, 6.07) is 3.59. The van der Waals surface area contributed by atoms with Crippen molar-refractivity contribution in [1.29, 1.82) is 0 Å². The molecule has 2 aliphatic heterocycles. The Hall–Kier alpha value is -1.70. The quantitative estimate of drug-likeness (QED) is 0.789. The van der Waals surface area contributed by atoms with Crippen LogP contribution in [0.15, 0.2) is 18.2 Å². The molecule has 0 saturated carbocycles. The molecular weight excluding hydrogens is 395 g/mol. The Morgan fingerprint density at radius 1 is 1.07 bits per heavy atom. The smallest absolute Gasteiger partial charge is 0.241 e. The molecule has 2 aliphatic rings. The zero-order valence-electron chi connectivity index (χ0n) is 17.0. The molecule has 0 spiro atoms. The standard InChI is InChI=1S/C21H30ClFN4O2/c1-16(21(29)24-19-7-6-17(23)14-18(19)22)26-12-10-25(11-13-26)15-20(28)27-8-4-2-3-5-9-27/h6-7,14,16H,2-5,8-13,15H2,1H3,(H,24,29). The average Bonchev–Trinajstić information content (AvgIpc) is 3.00. The molecule has 1 unspecified atom stereocenters. The number of nitrogens with zero attached hydrogens (tertiary/aromatic N) is 3. The molecule has 3 rings (SSSR count). The molecular formula is C21H30ClFN4O2. The molecule has 0 aromatic heterocycles. The third-order valence-corrected chi connectivity index (χ3v) is 6.15. The van der Waals surface area contributed by atoms with E-state index in [1.54, 1.807) is 0 Å². The van der Waals surface area contributed by atoms with E-state index in [1.807, 2.05) is 11.8 Å². The van der Waals surface area contributed by atoms with Crippen LogP contribution in [-0.4, -0.2) is 78.4 Å². The van der Waals surface area contributed by atoms with Gasteiger partial charge in [-0.2, -0.15) is 0 Å². The molecule has 0 radical (unpaired) electrons. The number of likely N-dealkylation sites (tertiary alicyclic amines) is 1. The summed E-state index contributed by atoms with van der Waals surface area (Å²) < 4.78 is 13.2. The van der Waals surface area contributed by atoms with Crippen molar-refractivity contribution in [3.63, 3.8) is 0 Å². The van der Waals surface area contributed by atoms with Crippen LogP contribution in [0.4, 0.5) is 10.1 Å². The summed E-state index contributed by atoms with van der Waals surface area (Å²) in [4.78, 5) is 31.4. The van der Waals surface area contributed by atoms with Crippen molar-refractivity contribution >= 4 is 29.1 Å². The van der Waals surface area contributed by atoms with E-state index in [4.69, 9.17) is 11.6 Å². The summed E-state index contributed by atoms with van der Waals surface area (Å²) in [5.41, 5.74) is 0.409. The van der Waals surface area contributed by atoms with Gasteiger partial charge in [0.1, 0.15) is 5.82 Å². The van der Waals surface area contributed by atoms with Gasteiger partial charge >= 0.3 is 0 Å². The van der Waals surface area contributed by atoms with Crippen LogP contribution in [0.5, 0.6) is 0 Å². The first kappa shape index (κ1) is 22.0. The Bertz CT molecular complexity index is 717. The number of rotatable bonds is 5. The van der Waals surface area contributed by atoms with Crippen LogP contribution in [0.25, 0.3) is 0 Å². The van der Waals surface area contributed by atoms with Gasteiger partial charge in [0.05, 0.1) is 23.3 Å². The van der Waals surface area contributed by atoms with Crippen LogP contribution in [0.1, 0.15) is 32.6 Å². The molecule has 1 aromatic carbocycles. The molecule has 2 amide bonds. The number of halogens is 2. The number of amides is 2. The molecule has 2 fully saturated rings. The SMILES string of the molecule is CC(C(=O)Nc1ccc(F)cc1Cl)N1CCN(CC(=O)N2CCCCCC2)CC1. The van der Waals surface area contributed by atoms with Gasteiger partial charge in [-0.3, -0.25) is 19.4 Å². The highest BCUT2D eigenvalue weighted by atomic mass is 35.5. The van der Waals surface area contributed by atoms with Crippen molar-refractivity contribution in [2.24, 2.45) is 0 Å². The normalized spacial score (nSPS) is 20.2. The van der Waals surface area contributed by atoms with Gasteiger partial charge in [-0.25, -0.2) is 4.39 Å². The van der Waals surface area contributed by atoms with Gasteiger partial charge in [-0.1, -0.05) is 24.4 Å². The zero-order valence-corrected chi connectivity index (χ0v) is 17.8. The predicted octanol–water partition coefficient (Wildman–Crippen LogP) is 2.83. The van der Waals surface area contributed by atoms with Crippen molar-refractivity contribution in [2.75, 3.05) is 51.1 Å². The number of anilines is 1. The number of piperazine rings is 1. The third kappa shape index (κ3) is 6.14. The van der Waals surface area contributed by atoms with Crippen LogP contribution in [0.2, 0.25) is 5.02 Å². The average molecular weight is 425 g/mol. The summed E-state index contributed by atoms with van der Waals surface area (Å²) in [5, 5.41) is 2.96. The van der Waals surface area contributed by atoms with Crippen molar-refractivity contribution in [1.82, 2.24) is 14.7 Å². The molecule has 1 N–H and O–H groups in total. The fourth-order valence-corrected chi connectivity index (χ4v) is 4.13. The van der Waals surface area contributed by atoms with Crippen LogP contribution in [-0.2, 0) is 9.59 Å². The molecule has 8 heteroatoms. The minimum atomic E-state index is -0.438. The van der Waals surface area contributed by atoms with Crippen molar-refractivity contribution < 1.29 is 14.0 Å². The summed E-state index contributed by atoms with van der Waals surface area (Å²) in [6.45, 7) is 7.02. The lowest BCUT2D eigenvalue weighted by Crippen LogP contribution is -2.54. The first-order valence-corrected chi connectivity index (χ1v) is 10.8. The van der Waals surface area contributed by atoms with Crippen LogP contribution >= 0.6 is 11.6 Å². The summed E-state index contributed by atoms with van der Waals surface area (Å²) in [6.07, 6.45) is 4.63. The predicted molar refractivity (Wildman–Crippen MR) is 113 cm³/mol. The monoisotopic (exact) mass is 424 g/mol. The fraction of sp³-hybridized carbons (Fsp3) is 0.619. The highest BCUT2D eigenvalue weighted by molar-refractivity contribution is 6.33. The largest absolute Gasteiger partial charge is 0.342 e. The number of nitrogens with one attached hydrogen (secondary N) is 1. The maximum Gasteiger partial charge on any atom is 0.241 e. The van der Waals surface area contributed by atoms with E-state index < -0.39 is 5.82 Å². The van der Waals surface area contributed by atoms with Crippen LogP contribution < -0.4 is 5.32 Å². The maximum atomic E-state index is 13.2. The van der Waals surface area contributed by atoms with E-state index in [9.17, 15) is 14.0 Å². The lowest BCUT2D eigenvalue weighted by Gasteiger charge is -2.37. The maximum absolute atomic E-state index is 13.2.